The number of methoxy groups -OCH3 is 1. The monoisotopic (exact) mass is 288 g/mol. The minimum Gasteiger partial charge on any atom is -0.468 e. The van der Waals surface area contributed by atoms with Crippen molar-refractivity contribution in [2.24, 2.45) is 0 Å². The van der Waals surface area contributed by atoms with Gasteiger partial charge in [0.25, 0.3) is 0 Å². The molecule has 0 aromatic carbocycles. The van der Waals surface area contributed by atoms with Crippen LogP contribution in [0.1, 0.15) is 19.8 Å². The van der Waals surface area contributed by atoms with Crippen LogP contribution in [0.2, 0.25) is 0 Å². The summed E-state index contributed by atoms with van der Waals surface area (Å²) in [5, 5.41) is 11.2. The van der Waals surface area contributed by atoms with Crippen LogP contribution in [0.5, 0.6) is 0 Å². The van der Waals surface area contributed by atoms with Crippen molar-refractivity contribution in [3.05, 3.63) is 0 Å². The summed E-state index contributed by atoms with van der Waals surface area (Å²) >= 11 is 1.12. The van der Waals surface area contributed by atoms with E-state index < -0.39 is 5.97 Å². The first-order chi connectivity index (χ1) is 9.17. The third kappa shape index (κ3) is 5.69. The van der Waals surface area contributed by atoms with Crippen LogP contribution in [0.3, 0.4) is 0 Å². The van der Waals surface area contributed by atoms with Gasteiger partial charge in [-0.15, -0.1) is 5.10 Å². The number of tetrazole rings is 1. The predicted molar refractivity (Wildman–Crippen MR) is 66.4 cm³/mol. The first kappa shape index (κ1) is 15.4. The van der Waals surface area contributed by atoms with Crippen LogP contribution < -0.4 is 0 Å². The zero-order chi connectivity index (χ0) is 14.1. The number of carbonyl (C=O) groups is 2. The fourth-order valence-electron chi connectivity index (χ4n) is 1.08. The molecule has 0 aliphatic heterocycles. The molecule has 1 rings (SSSR count). The van der Waals surface area contributed by atoms with Gasteiger partial charge in [-0.2, -0.15) is 0 Å². The second-order valence-electron chi connectivity index (χ2n) is 3.56. The number of thioether (sulfide) groups is 1. The summed E-state index contributed by atoms with van der Waals surface area (Å²) in [4.78, 5) is 22.5. The first-order valence-electron chi connectivity index (χ1n) is 5.78. The van der Waals surface area contributed by atoms with E-state index in [1.165, 1.54) is 11.8 Å². The molecule has 106 valence electrons. The molecule has 0 unspecified atom stereocenters. The average molecular weight is 288 g/mol. The third-order valence-corrected chi connectivity index (χ3v) is 3.02. The highest BCUT2D eigenvalue weighted by atomic mass is 32.2. The quantitative estimate of drug-likeness (QED) is 0.382. The van der Waals surface area contributed by atoms with E-state index in [1.807, 2.05) is 6.92 Å². The van der Waals surface area contributed by atoms with Gasteiger partial charge in [0.05, 0.1) is 19.5 Å². The maximum absolute atomic E-state index is 11.4. The van der Waals surface area contributed by atoms with Gasteiger partial charge in [0.15, 0.2) is 0 Å². The Morgan fingerprint density at radius 2 is 2.16 bits per heavy atom. The molecule has 9 heteroatoms. The van der Waals surface area contributed by atoms with Crippen LogP contribution in [-0.4, -0.2) is 51.6 Å². The SMILES string of the molecule is CCCCOC(=O)CSc1nnnn1CC(=O)OC. The molecule has 0 saturated heterocycles. The Bertz CT molecular complexity index is 423. The van der Waals surface area contributed by atoms with Crippen LogP contribution in [0.25, 0.3) is 0 Å². The molecule has 0 fully saturated rings. The minimum absolute atomic E-state index is 0.0866. The molecule has 0 N–H and O–H groups in total. The smallest absolute Gasteiger partial charge is 0.327 e. The lowest BCUT2D eigenvalue weighted by Gasteiger charge is -2.04. The fourth-order valence-corrected chi connectivity index (χ4v) is 1.76. The third-order valence-electron chi connectivity index (χ3n) is 2.09. The summed E-state index contributed by atoms with van der Waals surface area (Å²) < 4.78 is 10.8. The Hall–Kier alpha value is -1.64. The van der Waals surface area contributed by atoms with Gasteiger partial charge < -0.3 is 9.47 Å². The Balaban J connectivity index is 2.38. The van der Waals surface area contributed by atoms with Gasteiger partial charge >= 0.3 is 11.9 Å². The van der Waals surface area contributed by atoms with E-state index in [0.29, 0.717) is 11.8 Å². The van der Waals surface area contributed by atoms with E-state index in [0.717, 1.165) is 24.6 Å². The normalized spacial score (nSPS) is 10.2. The highest BCUT2D eigenvalue weighted by molar-refractivity contribution is 7.99. The number of hydrogen-bond acceptors (Lipinski definition) is 8. The second kappa shape index (κ2) is 8.46. The van der Waals surface area contributed by atoms with Crippen molar-refractivity contribution in [2.45, 2.75) is 31.5 Å². The molecule has 1 aromatic heterocycles. The molecule has 0 atom stereocenters. The van der Waals surface area contributed by atoms with Gasteiger partial charge in [0.1, 0.15) is 6.54 Å². The number of hydrogen-bond donors (Lipinski definition) is 0. The average Bonchev–Trinajstić information content (AvgIpc) is 2.84. The van der Waals surface area contributed by atoms with Gasteiger partial charge in [0.2, 0.25) is 5.16 Å². The van der Waals surface area contributed by atoms with E-state index in [1.54, 1.807) is 0 Å². The highest BCUT2D eigenvalue weighted by Gasteiger charge is 2.13. The summed E-state index contributed by atoms with van der Waals surface area (Å²) in [5.74, 6) is -0.684. The van der Waals surface area contributed by atoms with E-state index in [9.17, 15) is 9.59 Å². The molecule has 0 spiro atoms. The number of ether oxygens (including phenoxy) is 2. The van der Waals surface area contributed by atoms with Crippen molar-refractivity contribution in [1.82, 2.24) is 20.2 Å². The summed E-state index contributed by atoms with van der Waals surface area (Å²) in [5.41, 5.74) is 0. The summed E-state index contributed by atoms with van der Waals surface area (Å²) in [6.07, 6.45) is 1.81. The molecule has 0 amide bonds. The van der Waals surface area contributed by atoms with Crippen molar-refractivity contribution in [1.29, 1.82) is 0 Å². The topological polar surface area (TPSA) is 96.2 Å². The Labute approximate surface area is 114 Å². The predicted octanol–water partition coefficient (Wildman–Crippen LogP) is 0.281. The molecule has 8 nitrogen and oxygen atoms in total. The molecule has 0 saturated carbocycles. The maximum Gasteiger partial charge on any atom is 0.327 e. The van der Waals surface area contributed by atoms with Crippen LogP contribution in [0.15, 0.2) is 5.16 Å². The molecule has 1 heterocycles. The summed E-state index contributed by atoms with van der Waals surface area (Å²) in [7, 11) is 1.28. The summed E-state index contributed by atoms with van der Waals surface area (Å²) in [6, 6.07) is 0. The van der Waals surface area contributed by atoms with Crippen LogP contribution in [0, 0.1) is 0 Å². The number of unbranched alkanes of at least 4 members (excludes halogenated alkanes) is 1. The van der Waals surface area contributed by atoms with Gasteiger partial charge in [-0.3, -0.25) is 9.59 Å². The van der Waals surface area contributed by atoms with Crippen molar-refractivity contribution in [3.63, 3.8) is 0 Å². The van der Waals surface area contributed by atoms with E-state index in [-0.39, 0.29) is 18.3 Å². The lowest BCUT2D eigenvalue weighted by molar-refractivity contribution is -0.142. The largest absolute Gasteiger partial charge is 0.468 e. The van der Waals surface area contributed by atoms with Gasteiger partial charge in [-0.25, -0.2) is 4.68 Å². The standard InChI is InChI=1S/C10H16N4O4S/c1-3-4-5-18-9(16)7-19-10-11-12-13-14(10)6-8(15)17-2/h3-7H2,1-2H3. The zero-order valence-electron chi connectivity index (χ0n) is 10.9. The Morgan fingerprint density at radius 1 is 1.37 bits per heavy atom. The van der Waals surface area contributed by atoms with Crippen molar-refractivity contribution < 1.29 is 19.1 Å². The molecular formula is C10H16N4O4S. The lowest BCUT2D eigenvalue weighted by atomic mass is 10.4. The van der Waals surface area contributed by atoms with Crippen LogP contribution in [-0.2, 0) is 25.6 Å². The van der Waals surface area contributed by atoms with Crippen LogP contribution in [0.4, 0.5) is 0 Å². The number of rotatable bonds is 8. The Kier molecular flexibility index (Phi) is 6.86. The maximum atomic E-state index is 11.4. The Morgan fingerprint density at radius 3 is 2.84 bits per heavy atom. The molecule has 0 radical (unpaired) electrons. The van der Waals surface area contributed by atoms with Crippen molar-refractivity contribution >= 4 is 23.7 Å². The van der Waals surface area contributed by atoms with Gasteiger partial charge in [-0.05, 0) is 16.8 Å². The fraction of sp³-hybridized carbons (Fsp3) is 0.700. The van der Waals surface area contributed by atoms with Gasteiger partial charge in [-0.1, -0.05) is 25.1 Å². The van der Waals surface area contributed by atoms with E-state index >= 15 is 0 Å². The first-order valence-corrected chi connectivity index (χ1v) is 6.77. The molecule has 1 aromatic rings. The van der Waals surface area contributed by atoms with Crippen molar-refractivity contribution in [2.75, 3.05) is 19.5 Å². The molecule has 0 aliphatic rings. The molecular weight excluding hydrogens is 272 g/mol. The number of esters is 2. The van der Waals surface area contributed by atoms with Crippen molar-refractivity contribution in [3.8, 4) is 0 Å². The number of carbonyl (C=O) groups excluding carboxylic acids is 2. The van der Waals surface area contributed by atoms with Gasteiger partial charge in [0, 0.05) is 0 Å². The molecule has 0 aliphatic carbocycles. The highest BCUT2D eigenvalue weighted by Crippen LogP contribution is 2.13. The summed E-state index contributed by atoms with van der Waals surface area (Å²) in [6.45, 7) is 2.35. The molecule has 19 heavy (non-hydrogen) atoms. The molecule has 0 bridgehead atoms. The minimum atomic E-state index is -0.459. The zero-order valence-corrected chi connectivity index (χ0v) is 11.7. The number of aromatic nitrogens is 4. The second-order valence-corrected chi connectivity index (χ2v) is 4.50. The van der Waals surface area contributed by atoms with E-state index in [4.69, 9.17) is 4.74 Å². The van der Waals surface area contributed by atoms with Crippen LogP contribution >= 0.6 is 11.8 Å². The lowest BCUT2D eigenvalue weighted by Crippen LogP contribution is -2.15. The number of nitrogens with zero attached hydrogens (tertiary/aromatic N) is 4. The van der Waals surface area contributed by atoms with E-state index in [2.05, 4.69) is 20.3 Å².